The molecule has 1 aromatic rings. The molecule has 0 spiro atoms. The summed E-state index contributed by atoms with van der Waals surface area (Å²) in [6.45, 7) is 1.45. The molecule has 2 heterocycles. The molecule has 0 amide bonds. The van der Waals surface area contributed by atoms with Gasteiger partial charge in [0.05, 0.1) is 6.67 Å². The predicted octanol–water partition coefficient (Wildman–Crippen LogP) is 0.386. The topological polar surface area (TPSA) is 57.7 Å². The number of aromatic amines is 1. The molecule has 1 aliphatic rings. The minimum Gasteiger partial charge on any atom is -0.338 e. The van der Waals surface area contributed by atoms with Crippen LogP contribution in [-0.4, -0.2) is 40.4 Å². The smallest absolute Gasteiger partial charge is 0.265 e. The van der Waals surface area contributed by atoms with Crippen molar-refractivity contribution in [1.82, 2.24) is 20.6 Å². The zero-order chi connectivity index (χ0) is 9.10. The molecule has 0 aliphatic carbocycles. The predicted molar refractivity (Wildman–Crippen MR) is 45.1 cm³/mol. The van der Waals surface area contributed by atoms with E-state index in [0.717, 1.165) is 25.9 Å². The highest BCUT2D eigenvalue weighted by atomic mass is 19.1. The summed E-state index contributed by atoms with van der Waals surface area (Å²) in [4.78, 5) is 2.02. The number of tetrazole rings is 1. The molecule has 1 N–H and O–H groups in total. The standard InChI is InChI=1S/C7H12FN5/c8-5-6-1-3-13(4-2-6)7-9-11-12-10-7/h6H,1-5H2,(H,9,10,11,12). The van der Waals surface area contributed by atoms with E-state index < -0.39 is 0 Å². The number of piperidine rings is 1. The third-order valence-corrected chi connectivity index (χ3v) is 2.45. The lowest BCUT2D eigenvalue weighted by molar-refractivity contribution is 0.306. The second kappa shape index (κ2) is 3.68. The summed E-state index contributed by atoms with van der Waals surface area (Å²) in [7, 11) is 0. The van der Waals surface area contributed by atoms with Gasteiger partial charge in [-0.25, -0.2) is 0 Å². The van der Waals surface area contributed by atoms with E-state index in [1.54, 1.807) is 0 Å². The van der Waals surface area contributed by atoms with E-state index in [0.29, 0.717) is 5.95 Å². The highest BCUT2D eigenvalue weighted by Crippen LogP contribution is 2.19. The van der Waals surface area contributed by atoms with Gasteiger partial charge in [0.15, 0.2) is 0 Å². The van der Waals surface area contributed by atoms with Gasteiger partial charge in [-0.1, -0.05) is 5.10 Å². The summed E-state index contributed by atoms with van der Waals surface area (Å²) in [5.74, 6) is 0.848. The highest BCUT2D eigenvalue weighted by molar-refractivity contribution is 5.26. The minimum atomic E-state index is -0.208. The minimum absolute atomic E-state index is 0.208. The number of nitrogens with one attached hydrogen (secondary N) is 1. The summed E-state index contributed by atoms with van der Waals surface area (Å²) in [6.07, 6.45) is 1.76. The van der Waals surface area contributed by atoms with Crippen LogP contribution in [0.1, 0.15) is 12.8 Å². The first-order valence-corrected chi connectivity index (χ1v) is 4.44. The van der Waals surface area contributed by atoms with Crippen molar-refractivity contribution in [3.05, 3.63) is 0 Å². The average molecular weight is 185 g/mol. The maximum atomic E-state index is 12.3. The normalized spacial score (nSPS) is 19.3. The second-order valence-electron chi connectivity index (χ2n) is 3.30. The first-order valence-electron chi connectivity index (χ1n) is 4.44. The molecule has 0 saturated carbocycles. The van der Waals surface area contributed by atoms with Gasteiger partial charge in [0.1, 0.15) is 0 Å². The van der Waals surface area contributed by atoms with Crippen LogP contribution in [0.25, 0.3) is 0 Å². The molecular formula is C7H12FN5. The summed E-state index contributed by atoms with van der Waals surface area (Å²) in [6, 6.07) is 0. The summed E-state index contributed by atoms with van der Waals surface area (Å²) in [5, 5.41) is 13.6. The Kier molecular flexibility index (Phi) is 2.37. The van der Waals surface area contributed by atoms with E-state index >= 15 is 0 Å². The fraction of sp³-hybridized carbons (Fsp3) is 0.857. The molecule has 1 fully saturated rings. The zero-order valence-corrected chi connectivity index (χ0v) is 7.28. The summed E-state index contributed by atoms with van der Waals surface area (Å²) in [5.41, 5.74) is 0. The number of halogens is 1. The second-order valence-corrected chi connectivity index (χ2v) is 3.30. The van der Waals surface area contributed by atoms with Crippen LogP contribution >= 0.6 is 0 Å². The van der Waals surface area contributed by atoms with Crippen LogP contribution in [0.3, 0.4) is 0 Å². The van der Waals surface area contributed by atoms with Gasteiger partial charge in [-0.2, -0.15) is 5.21 Å². The fourth-order valence-corrected chi connectivity index (χ4v) is 1.58. The maximum absolute atomic E-state index is 12.3. The van der Waals surface area contributed by atoms with Crippen molar-refractivity contribution in [3.8, 4) is 0 Å². The molecule has 0 radical (unpaired) electrons. The number of alkyl halides is 1. The molecule has 6 heteroatoms. The van der Waals surface area contributed by atoms with Gasteiger partial charge in [-0.3, -0.25) is 4.39 Å². The third kappa shape index (κ3) is 1.76. The van der Waals surface area contributed by atoms with Crippen LogP contribution < -0.4 is 4.90 Å². The molecule has 1 aromatic heterocycles. The lowest BCUT2D eigenvalue weighted by Gasteiger charge is -2.29. The van der Waals surface area contributed by atoms with E-state index in [1.807, 2.05) is 4.90 Å². The van der Waals surface area contributed by atoms with Crippen molar-refractivity contribution in [3.63, 3.8) is 0 Å². The van der Waals surface area contributed by atoms with Gasteiger partial charge in [0.2, 0.25) is 0 Å². The zero-order valence-electron chi connectivity index (χ0n) is 7.28. The van der Waals surface area contributed by atoms with Crippen LogP contribution in [0.2, 0.25) is 0 Å². The lowest BCUT2D eigenvalue weighted by atomic mass is 9.99. The number of rotatable bonds is 2. The number of nitrogens with zero attached hydrogens (tertiary/aromatic N) is 4. The van der Waals surface area contributed by atoms with E-state index in [1.165, 1.54) is 0 Å². The third-order valence-electron chi connectivity index (χ3n) is 2.45. The molecule has 0 aromatic carbocycles. The van der Waals surface area contributed by atoms with Crippen molar-refractivity contribution >= 4 is 5.95 Å². The van der Waals surface area contributed by atoms with Crippen molar-refractivity contribution in [2.24, 2.45) is 5.92 Å². The molecule has 2 rings (SSSR count). The molecule has 0 atom stereocenters. The number of H-pyrrole nitrogens is 1. The maximum Gasteiger partial charge on any atom is 0.265 e. The molecule has 13 heavy (non-hydrogen) atoms. The Hall–Kier alpha value is -1.20. The Bertz CT molecular complexity index is 241. The largest absolute Gasteiger partial charge is 0.338 e. The molecule has 0 bridgehead atoms. The monoisotopic (exact) mass is 185 g/mol. The van der Waals surface area contributed by atoms with Crippen molar-refractivity contribution in [1.29, 1.82) is 0 Å². The molecule has 0 unspecified atom stereocenters. The van der Waals surface area contributed by atoms with Crippen molar-refractivity contribution in [2.45, 2.75) is 12.8 Å². The van der Waals surface area contributed by atoms with E-state index in [9.17, 15) is 4.39 Å². The van der Waals surface area contributed by atoms with Crippen LogP contribution in [-0.2, 0) is 0 Å². The number of hydrogen-bond donors (Lipinski definition) is 1. The summed E-state index contributed by atoms with van der Waals surface area (Å²) >= 11 is 0. The van der Waals surface area contributed by atoms with Crippen molar-refractivity contribution < 1.29 is 4.39 Å². The number of aromatic nitrogens is 4. The van der Waals surface area contributed by atoms with Crippen molar-refractivity contribution in [2.75, 3.05) is 24.7 Å². The van der Waals surface area contributed by atoms with Gasteiger partial charge in [-0.15, -0.1) is 5.10 Å². The van der Waals surface area contributed by atoms with Gasteiger partial charge < -0.3 is 4.90 Å². The van der Waals surface area contributed by atoms with Gasteiger partial charge >= 0.3 is 0 Å². The lowest BCUT2D eigenvalue weighted by Crippen LogP contribution is -2.35. The Balaban J connectivity index is 1.92. The Morgan fingerprint density at radius 1 is 1.46 bits per heavy atom. The van der Waals surface area contributed by atoms with Gasteiger partial charge in [-0.05, 0) is 24.0 Å². The van der Waals surface area contributed by atoms with E-state index in [2.05, 4.69) is 20.6 Å². The molecule has 5 nitrogen and oxygen atoms in total. The van der Waals surface area contributed by atoms with Crippen LogP contribution in [0.4, 0.5) is 10.3 Å². The number of anilines is 1. The molecule has 1 aliphatic heterocycles. The first-order chi connectivity index (χ1) is 6.40. The average Bonchev–Trinajstić information content (AvgIpc) is 2.71. The van der Waals surface area contributed by atoms with Crippen LogP contribution in [0.15, 0.2) is 0 Å². The molecule has 72 valence electrons. The van der Waals surface area contributed by atoms with Gasteiger partial charge in [0, 0.05) is 13.1 Å². The highest BCUT2D eigenvalue weighted by Gasteiger charge is 2.21. The van der Waals surface area contributed by atoms with Crippen LogP contribution in [0.5, 0.6) is 0 Å². The Labute approximate surface area is 75.3 Å². The quantitative estimate of drug-likeness (QED) is 0.724. The fourth-order valence-electron chi connectivity index (χ4n) is 1.58. The van der Waals surface area contributed by atoms with E-state index in [4.69, 9.17) is 0 Å². The van der Waals surface area contributed by atoms with Gasteiger partial charge in [0.25, 0.3) is 5.95 Å². The number of hydrogen-bond acceptors (Lipinski definition) is 4. The molecular weight excluding hydrogens is 173 g/mol. The SMILES string of the molecule is FCC1CCN(c2nn[nH]n2)CC1. The Morgan fingerprint density at radius 2 is 2.23 bits per heavy atom. The first kappa shape index (κ1) is 8.40. The molecule has 1 saturated heterocycles. The Morgan fingerprint density at radius 3 is 2.77 bits per heavy atom. The summed E-state index contributed by atoms with van der Waals surface area (Å²) < 4.78 is 12.3. The van der Waals surface area contributed by atoms with E-state index in [-0.39, 0.29) is 12.6 Å². The van der Waals surface area contributed by atoms with Crippen LogP contribution in [0, 0.1) is 5.92 Å².